The summed E-state index contributed by atoms with van der Waals surface area (Å²) in [6.07, 6.45) is 3.12. The highest BCUT2D eigenvalue weighted by molar-refractivity contribution is 5.88. The number of phenols is 1. The maximum absolute atomic E-state index is 12.7. The van der Waals surface area contributed by atoms with E-state index in [9.17, 15) is 14.7 Å². The number of methoxy groups -OCH3 is 1. The highest BCUT2D eigenvalue weighted by atomic mass is 16.5. The van der Waals surface area contributed by atoms with E-state index in [2.05, 4.69) is 22.4 Å². The molecule has 2 amide bonds. The summed E-state index contributed by atoms with van der Waals surface area (Å²) in [4.78, 5) is 24.5. The van der Waals surface area contributed by atoms with Crippen LogP contribution in [0.5, 0.6) is 11.5 Å². The third-order valence-corrected chi connectivity index (χ3v) is 4.32. The number of amides is 2. The summed E-state index contributed by atoms with van der Waals surface area (Å²) in [6.45, 7) is 5.55. The molecule has 0 bridgehead atoms. The normalized spacial score (nSPS) is 11.5. The second kappa shape index (κ2) is 12.0. The van der Waals surface area contributed by atoms with Crippen molar-refractivity contribution in [2.45, 2.75) is 25.8 Å². The van der Waals surface area contributed by atoms with E-state index >= 15 is 0 Å². The molecule has 0 saturated carbocycles. The first-order valence-corrected chi connectivity index (χ1v) is 9.79. The van der Waals surface area contributed by atoms with Crippen molar-refractivity contribution in [1.29, 1.82) is 0 Å². The molecular weight excluding hydrogens is 398 g/mol. The van der Waals surface area contributed by atoms with Gasteiger partial charge >= 0.3 is 6.09 Å². The van der Waals surface area contributed by atoms with E-state index in [1.54, 1.807) is 25.1 Å². The minimum Gasteiger partial charge on any atom is -0.504 e. The smallest absolute Gasteiger partial charge is 0.407 e. The Bertz CT molecular complexity index is 928. The second-order valence-corrected chi connectivity index (χ2v) is 6.57. The van der Waals surface area contributed by atoms with Crippen molar-refractivity contribution in [3.63, 3.8) is 0 Å². The number of benzene rings is 2. The van der Waals surface area contributed by atoms with Gasteiger partial charge in [-0.05, 0) is 36.6 Å². The molecule has 0 aliphatic heterocycles. The Balaban J connectivity index is 2.13. The van der Waals surface area contributed by atoms with E-state index < -0.39 is 18.0 Å². The molecule has 3 N–H and O–H groups in total. The Morgan fingerprint density at radius 1 is 1.26 bits per heavy atom. The molecule has 0 spiro atoms. The zero-order valence-corrected chi connectivity index (χ0v) is 17.6. The fourth-order valence-corrected chi connectivity index (χ4v) is 2.85. The molecule has 0 heterocycles. The van der Waals surface area contributed by atoms with Gasteiger partial charge < -0.3 is 19.9 Å². The largest absolute Gasteiger partial charge is 0.504 e. The Morgan fingerprint density at radius 3 is 2.65 bits per heavy atom. The van der Waals surface area contributed by atoms with Crippen LogP contribution in [0.15, 0.2) is 60.2 Å². The molecule has 0 saturated heterocycles. The SMILES string of the molecule is C=CCc1cc(/C=N\NC(=O)[C@H](Cc2ccccc2)NC(=O)OCC)cc(OC)c1O. The lowest BCUT2D eigenvalue weighted by Crippen LogP contribution is -2.47. The van der Waals surface area contributed by atoms with Gasteiger partial charge in [-0.15, -0.1) is 6.58 Å². The number of hydrazone groups is 1. The summed E-state index contributed by atoms with van der Waals surface area (Å²) in [7, 11) is 1.45. The molecule has 0 aliphatic rings. The van der Waals surface area contributed by atoms with Gasteiger partial charge in [0.25, 0.3) is 5.91 Å². The first-order chi connectivity index (χ1) is 15.0. The molecule has 2 aromatic rings. The molecule has 164 valence electrons. The lowest BCUT2D eigenvalue weighted by Gasteiger charge is -2.17. The number of hydrogen-bond donors (Lipinski definition) is 3. The van der Waals surface area contributed by atoms with Crippen LogP contribution in [0.25, 0.3) is 0 Å². The van der Waals surface area contributed by atoms with Crippen LogP contribution in [0.1, 0.15) is 23.6 Å². The molecule has 0 aromatic heterocycles. The monoisotopic (exact) mass is 425 g/mol. The highest BCUT2D eigenvalue weighted by Gasteiger charge is 2.21. The van der Waals surface area contributed by atoms with Crippen molar-refractivity contribution in [3.8, 4) is 11.5 Å². The number of phenolic OH excluding ortho intramolecular Hbond substituents is 1. The summed E-state index contributed by atoms with van der Waals surface area (Å²) in [5.74, 6) is -0.173. The number of alkyl carbamates (subject to hydrolysis) is 1. The van der Waals surface area contributed by atoms with E-state index in [-0.39, 0.29) is 24.5 Å². The number of nitrogens with one attached hydrogen (secondary N) is 2. The number of ether oxygens (including phenoxy) is 2. The lowest BCUT2D eigenvalue weighted by atomic mass is 10.1. The summed E-state index contributed by atoms with van der Waals surface area (Å²) in [5, 5.41) is 16.7. The summed E-state index contributed by atoms with van der Waals surface area (Å²) in [5.41, 5.74) is 4.55. The minimum absolute atomic E-state index is 0.0325. The highest BCUT2D eigenvalue weighted by Crippen LogP contribution is 2.31. The van der Waals surface area contributed by atoms with Crippen molar-refractivity contribution in [2.24, 2.45) is 5.10 Å². The van der Waals surface area contributed by atoms with Crippen molar-refractivity contribution in [3.05, 3.63) is 71.8 Å². The quantitative estimate of drug-likeness (QED) is 0.308. The first-order valence-electron chi connectivity index (χ1n) is 9.79. The topological polar surface area (TPSA) is 109 Å². The number of aromatic hydroxyl groups is 1. The zero-order chi connectivity index (χ0) is 22.6. The molecule has 0 radical (unpaired) electrons. The van der Waals surface area contributed by atoms with Gasteiger partial charge in [0, 0.05) is 12.0 Å². The number of rotatable bonds is 10. The molecular formula is C23H27N3O5. The lowest BCUT2D eigenvalue weighted by molar-refractivity contribution is -0.123. The molecule has 8 heteroatoms. The Kier molecular flexibility index (Phi) is 9.10. The van der Waals surface area contributed by atoms with Crippen molar-refractivity contribution >= 4 is 18.2 Å². The van der Waals surface area contributed by atoms with Crippen molar-refractivity contribution < 1.29 is 24.2 Å². The molecule has 0 aliphatic carbocycles. The molecule has 8 nitrogen and oxygen atoms in total. The van der Waals surface area contributed by atoms with E-state index in [1.807, 2.05) is 30.3 Å². The number of hydrogen-bond acceptors (Lipinski definition) is 6. The molecule has 31 heavy (non-hydrogen) atoms. The van der Waals surface area contributed by atoms with Crippen LogP contribution in [0.3, 0.4) is 0 Å². The molecule has 2 aromatic carbocycles. The fraction of sp³-hybridized carbons (Fsp3) is 0.261. The maximum Gasteiger partial charge on any atom is 0.407 e. The van der Waals surface area contributed by atoms with Gasteiger partial charge in [-0.1, -0.05) is 36.4 Å². The Morgan fingerprint density at radius 2 is 2.00 bits per heavy atom. The van der Waals surface area contributed by atoms with Crippen molar-refractivity contribution in [2.75, 3.05) is 13.7 Å². The molecule has 0 unspecified atom stereocenters. The van der Waals surface area contributed by atoms with E-state index in [4.69, 9.17) is 9.47 Å². The molecule has 2 rings (SSSR count). The van der Waals surface area contributed by atoms with E-state index in [0.29, 0.717) is 17.5 Å². The third-order valence-electron chi connectivity index (χ3n) is 4.32. The van der Waals surface area contributed by atoms with Crippen LogP contribution in [-0.4, -0.2) is 43.1 Å². The summed E-state index contributed by atoms with van der Waals surface area (Å²) in [6, 6.07) is 11.7. The number of nitrogens with zero attached hydrogens (tertiary/aromatic N) is 1. The summed E-state index contributed by atoms with van der Waals surface area (Å²) < 4.78 is 10.1. The van der Waals surface area contributed by atoms with Gasteiger partial charge in [0.2, 0.25) is 0 Å². The van der Waals surface area contributed by atoms with E-state index in [0.717, 1.165) is 5.56 Å². The zero-order valence-electron chi connectivity index (χ0n) is 17.6. The Hall–Kier alpha value is -3.81. The molecule has 0 fully saturated rings. The van der Waals surface area contributed by atoms with Crippen LogP contribution in [0, 0.1) is 0 Å². The van der Waals surface area contributed by atoms with Crippen LogP contribution < -0.4 is 15.5 Å². The maximum atomic E-state index is 12.7. The van der Waals surface area contributed by atoms with Crippen LogP contribution in [0.2, 0.25) is 0 Å². The first kappa shape index (κ1) is 23.5. The number of allylic oxidation sites excluding steroid dienone is 1. The average molecular weight is 425 g/mol. The van der Waals surface area contributed by atoms with Gasteiger partial charge in [-0.2, -0.15) is 5.10 Å². The number of carbonyl (C=O) groups excluding carboxylic acids is 2. The van der Waals surface area contributed by atoms with Crippen LogP contribution in [0.4, 0.5) is 4.79 Å². The second-order valence-electron chi connectivity index (χ2n) is 6.57. The standard InChI is InChI=1S/C23H27N3O5/c1-4-9-18-12-17(14-20(30-3)21(18)27)15-24-26-22(28)19(25-23(29)31-5-2)13-16-10-7-6-8-11-16/h4,6-8,10-12,14-15,19,27H,1,5,9,13H2,2-3H3,(H,25,29)(H,26,28)/b24-15-/t19-/m0/s1. The minimum atomic E-state index is -0.871. The number of carbonyl (C=O) groups is 2. The van der Waals surface area contributed by atoms with Gasteiger partial charge in [-0.25, -0.2) is 10.2 Å². The third kappa shape index (κ3) is 7.18. The van der Waals surface area contributed by atoms with Crippen molar-refractivity contribution in [1.82, 2.24) is 10.7 Å². The van der Waals surface area contributed by atoms with Crippen LogP contribution >= 0.6 is 0 Å². The van der Waals surface area contributed by atoms with E-state index in [1.165, 1.54) is 13.3 Å². The van der Waals surface area contributed by atoms with Gasteiger partial charge in [0.1, 0.15) is 6.04 Å². The summed E-state index contributed by atoms with van der Waals surface area (Å²) >= 11 is 0. The molecule has 1 atom stereocenters. The average Bonchev–Trinajstić information content (AvgIpc) is 2.76. The predicted molar refractivity (Wildman–Crippen MR) is 118 cm³/mol. The van der Waals surface area contributed by atoms with Gasteiger partial charge in [-0.3, -0.25) is 4.79 Å². The Labute approximate surface area is 181 Å². The van der Waals surface area contributed by atoms with Crippen LogP contribution in [-0.2, 0) is 22.4 Å². The van der Waals surface area contributed by atoms with Gasteiger partial charge in [0.05, 0.1) is 19.9 Å². The fourth-order valence-electron chi connectivity index (χ4n) is 2.85. The van der Waals surface area contributed by atoms with Gasteiger partial charge in [0.15, 0.2) is 11.5 Å². The predicted octanol–water partition coefficient (Wildman–Crippen LogP) is 2.94.